The first-order chi connectivity index (χ1) is 5.68. The number of ether oxygens (including phenoxy) is 1. The molecule has 1 aromatic rings. The zero-order valence-electron chi connectivity index (χ0n) is 7.38. The molecule has 1 aromatic carbocycles. The van der Waals surface area contributed by atoms with Gasteiger partial charge in [-0.15, -0.1) is 0 Å². The fourth-order valence-corrected chi connectivity index (χ4v) is 1.03. The lowest BCUT2D eigenvalue weighted by molar-refractivity contribution is 0.326. The van der Waals surface area contributed by atoms with Crippen molar-refractivity contribution >= 4 is 22.6 Å². The summed E-state index contributed by atoms with van der Waals surface area (Å²) in [5.41, 5.74) is 1.27. The minimum atomic E-state index is 0.559. The molecule has 1 nitrogen and oxygen atoms in total. The van der Waals surface area contributed by atoms with Crippen molar-refractivity contribution in [3.63, 3.8) is 0 Å². The number of halogens is 1. The summed E-state index contributed by atoms with van der Waals surface area (Å²) in [6, 6.07) is 8.14. The second-order valence-electron chi connectivity index (χ2n) is 2.90. The van der Waals surface area contributed by atoms with Crippen LogP contribution in [-0.4, -0.2) is 10.5 Å². The molecule has 0 aromatic heterocycles. The van der Waals surface area contributed by atoms with Crippen LogP contribution in [0.2, 0.25) is 0 Å². The first kappa shape index (κ1) is 9.84. The summed E-state index contributed by atoms with van der Waals surface area (Å²) < 4.78 is 6.07. The fraction of sp³-hybridized carbons (Fsp3) is 0.400. The first-order valence-corrected chi connectivity index (χ1v) is 5.26. The van der Waals surface area contributed by atoms with Gasteiger partial charge in [0.25, 0.3) is 0 Å². The molecular weight excluding hydrogens is 263 g/mol. The Labute approximate surface area is 87.3 Å². The van der Waals surface area contributed by atoms with Crippen LogP contribution in [0.3, 0.4) is 0 Å². The van der Waals surface area contributed by atoms with Gasteiger partial charge in [-0.2, -0.15) is 0 Å². The molecule has 1 unspecified atom stereocenters. The number of rotatable bonds is 3. The third-order valence-corrected chi connectivity index (χ3v) is 1.86. The highest BCUT2D eigenvalue weighted by atomic mass is 127. The Morgan fingerprint density at radius 3 is 2.42 bits per heavy atom. The number of alkyl halides is 1. The average molecular weight is 276 g/mol. The average Bonchev–Trinajstić information content (AvgIpc) is 2.03. The molecule has 0 bridgehead atoms. The lowest BCUT2D eigenvalue weighted by Gasteiger charge is -2.07. The van der Waals surface area contributed by atoms with Gasteiger partial charge in [-0.05, 0) is 19.1 Å². The van der Waals surface area contributed by atoms with Crippen LogP contribution in [-0.2, 0) is 0 Å². The highest BCUT2D eigenvalue weighted by molar-refractivity contribution is 14.1. The van der Waals surface area contributed by atoms with Crippen molar-refractivity contribution in [2.45, 2.75) is 17.8 Å². The molecule has 0 radical (unpaired) electrons. The van der Waals surface area contributed by atoms with Crippen LogP contribution in [0.1, 0.15) is 12.5 Å². The molecule has 0 aliphatic carbocycles. The molecule has 0 saturated heterocycles. The fourth-order valence-electron chi connectivity index (χ4n) is 0.846. The second-order valence-corrected chi connectivity index (χ2v) is 5.03. The van der Waals surface area contributed by atoms with Crippen molar-refractivity contribution in [1.82, 2.24) is 0 Å². The van der Waals surface area contributed by atoms with Crippen molar-refractivity contribution in [2.24, 2.45) is 0 Å². The van der Waals surface area contributed by atoms with E-state index in [2.05, 4.69) is 48.6 Å². The van der Waals surface area contributed by atoms with Crippen LogP contribution in [0.25, 0.3) is 0 Å². The summed E-state index contributed by atoms with van der Waals surface area (Å²) in [4.78, 5) is 0. The van der Waals surface area contributed by atoms with Crippen LogP contribution in [0.4, 0.5) is 0 Å². The molecule has 0 N–H and O–H groups in total. The minimum absolute atomic E-state index is 0.559. The summed E-state index contributed by atoms with van der Waals surface area (Å²) in [6.07, 6.45) is 0. The van der Waals surface area contributed by atoms with Gasteiger partial charge in [0.15, 0.2) is 0 Å². The molecule has 12 heavy (non-hydrogen) atoms. The number of hydrogen-bond donors (Lipinski definition) is 0. The van der Waals surface area contributed by atoms with Gasteiger partial charge in [0.2, 0.25) is 0 Å². The van der Waals surface area contributed by atoms with Crippen LogP contribution >= 0.6 is 22.6 Å². The Bertz CT molecular complexity index is 228. The third kappa shape index (κ3) is 3.43. The normalized spacial score (nSPS) is 12.6. The van der Waals surface area contributed by atoms with Crippen molar-refractivity contribution in [2.75, 3.05) is 6.61 Å². The van der Waals surface area contributed by atoms with Gasteiger partial charge in [0.1, 0.15) is 5.75 Å². The van der Waals surface area contributed by atoms with E-state index in [4.69, 9.17) is 4.74 Å². The molecule has 0 amide bonds. The maximum atomic E-state index is 5.51. The second kappa shape index (κ2) is 4.70. The minimum Gasteiger partial charge on any atom is -0.493 e. The predicted octanol–water partition coefficient (Wildman–Crippen LogP) is 3.20. The number of hydrogen-bond acceptors (Lipinski definition) is 1. The highest BCUT2D eigenvalue weighted by Gasteiger charge is 1.96. The largest absolute Gasteiger partial charge is 0.493 e. The molecule has 0 spiro atoms. The SMILES string of the molecule is Cc1ccc(OCC(C)I)cc1. The van der Waals surface area contributed by atoms with Gasteiger partial charge >= 0.3 is 0 Å². The topological polar surface area (TPSA) is 9.23 Å². The monoisotopic (exact) mass is 276 g/mol. The van der Waals surface area contributed by atoms with E-state index in [1.807, 2.05) is 12.1 Å². The lowest BCUT2D eigenvalue weighted by Crippen LogP contribution is -2.06. The van der Waals surface area contributed by atoms with Gasteiger partial charge in [-0.25, -0.2) is 0 Å². The van der Waals surface area contributed by atoms with Crippen LogP contribution in [0, 0.1) is 6.92 Å². The Morgan fingerprint density at radius 2 is 1.92 bits per heavy atom. The summed E-state index contributed by atoms with van der Waals surface area (Å²) >= 11 is 2.35. The van der Waals surface area contributed by atoms with E-state index in [9.17, 15) is 0 Å². The molecule has 1 atom stereocenters. The molecule has 0 fully saturated rings. The van der Waals surface area contributed by atoms with E-state index in [-0.39, 0.29) is 0 Å². The van der Waals surface area contributed by atoms with Crippen LogP contribution < -0.4 is 4.74 Å². The highest BCUT2D eigenvalue weighted by Crippen LogP contribution is 2.12. The molecule has 66 valence electrons. The van der Waals surface area contributed by atoms with Crippen LogP contribution in [0.15, 0.2) is 24.3 Å². The number of aryl methyl sites for hydroxylation is 1. The summed E-state index contributed by atoms with van der Waals surface area (Å²) in [7, 11) is 0. The zero-order valence-corrected chi connectivity index (χ0v) is 9.54. The molecule has 0 saturated carbocycles. The standard InChI is InChI=1S/C10H13IO/c1-8-3-5-10(6-4-8)12-7-9(2)11/h3-6,9H,7H2,1-2H3. The lowest BCUT2D eigenvalue weighted by atomic mass is 10.2. The quantitative estimate of drug-likeness (QED) is 0.608. The van der Waals surface area contributed by atoms with Gasteiger partial charge in [0.05, 0.1) is 6.61 Å². The molecule has 0 aliphatic heterocycles. The van der Waals surface area contributed by atoms with Crippen molar-refractivity contribution in [3.8, 4) is 5.75 Å². The smallest absolute Gasteiger partial charge is 0.119 e. The molecule has 2 heteroatoms. The molecule has 1 rings (SSSR count). The summed E-state index contributed by atoms with van der Waals surface area (Å²) in [5.74, 6) is 0.962. The van der Waals surface area contributed by atoms with E-state index in [0.717, 1.165) is 12.4 Å². The van der Waals surface area contributed by atoms with E-state index in [1.54, 1.807) is 0 Å². The van der Waals surface area contributed by atoms with Crippen LogP contribution in [0.5, 0.6) is 5.75 Å². The molecular formula is C10H13IO. The van der Waals surface area contributed by atoms with E-state index < -0.39 is 0 Å². The zero-order chi connectivity index (χ0) is 8.97. The Morgan fingerprint density at radius 1 is 1.33 bits per heavy atom. The van der Waals surface area contributed by atoms with Crippen molar-refractivity contribution in [3.05, 3.63) is 29.8 Å². The maximum Gasteiger partial charge on any atom is 0.119 e. The van der Waals surface area contributed by atoms with Gasteiger partial charge in [-0.1, -0.05) is 47.2 Å². The summed E-state index contributed by atoms with van der Waals surface area (Å²) in [5, 5.41) is 0. The Balaban J connectivity index is 2.48. The van der Waals surface area contributed by atoms with Crippen molar-refractivity contribution in [1.29, 1.82) is 0 Å². The van der Waals surface area contributed by atoms with Gasteiger partial charge in [-0.3, -0.25) is 0 Å². The first-order valence-electron chi connectivity index (χ1n) is 4.02. The predicted molar refractivity (Wildman–Crippen MR) is 60.2 cm³/mol. The number of benzene rings is 1. The Kier molecular flexibility index (Phi) is 3.85. The van der Waals surface area contributed by atoms with E-state index in [0.29, 0.717) is 3.92 Å². The molecule has 0 aliphatic rings. The van der Waals surface area contributed by atoms with E-state index in [1.165, 1.54) is 5.56 Å². The molecule has 0 heterocycles. The Hall–Kier alpha value is -0.250. The third-order valence-electron chi connectivity index (χ3n) is 1.50. The maximum absolute atomic E-state index is 5.51. The van der Waals surface area contributed by atoms with Crippen molar-refractivity contribution < 1.29 is 4.74 Å². The van der Waals surface area contributed by atoms with E-state index >= 15 is 0 Å². The van der Waals surface area contributed by atoms with Gasteiger partial charge < -0.3 is 4.74 Å². The summed E-state index contributed by atoms with van der Waals surface area (Å²) in [6.45, 7) is 4.99. The van der Waals surface area contributed by atoms with Gasteiger partial charge in [0, 0.05) is 3.92 Å².